The van der Waals surface area contributed by atoms with E-state index >= 15 is 4.80 Å². The van der Waals surface area contributed by atoms with Crippen molar-refractivity contribution in [3.8, 4) is 23.0 Å². The van der Waals surface area contributed by atoms with Gasteiger partial charge in [-0.2, -0.15) is 0 Å². The SMILES string of the molecule is COc1c(C(C)(C)C)cc(C2(c3cc(C(C)(C)C)c(OC)c(C(C)(C)C)c3)CCC(c3cc(C(C)(C)C)c(OC)c(C(C)(C)C)c3)(c3cc(C(C)(C)C)c(OC)c(C(C)(C)C)c3)[Si]2(O)[O+]2CCC(C)CC2)cc1C(C)(C)C. The van der Waals surface area contributed by atoms with Crippen LogP contribution in [0, 0.1) is 5.92 Å². The molecule has 6 nitrogen and oxygen atoms in total. The van der Waals surface area contributed by atoms with Crippen LogP contribution in [0.5, 0.6) is 23.0 Å². The Morgan fingerprint density at radius 3 is 0.675 bits per heavy atom. The summed E-state index contributed by atoms with van der Waals surface area (Å²) in [4.78, 5) is 16.8. The van der Waals surface area contributed by atoms with Crippen molar-refractivity contribution in [2.24, 2.45) is 5.92 Å². The molecule has 0 radical (unpaired) electrons. The van der Waals surface area contributed by atoms with E-state index in [1.165, 1.54) is 0 Å². The van der Waals surface area contributed by atoms with E-state index in [0.29, 0.717) is 32.0 Å². The molecule has 0 bridgehead atoms. The molecular weight excluding hydrogens is 965 g/mol. The minimum atomic E-state index is -4.42. The van der Waals surface area contributed by atoms with Crippen molar-refractivity contribution in [2.75, 3.05) is 41.7 Å². The first-order valence-corrected chi connectivity index (χ1v) is 31.0. The molecule has 0 spiro atoms. The monoisotopic (exact) mass is 1070 g/mol. The number of hydrogen-bond acceptors (Lipinski definition) is 5. The molecule has 2 heterocycles. The zero-order valence-electron chi connectivity index (χ0n) is 54.4. The standard InChI is InChI=1S/C70H109O6Si/c1-44-30-34-76(35-31-44)77(71)69(45-36-49(61(2,3)4)57(72-26)50(37-45)62(5,6)7,46-38-51(63(8,9)10)58(73-27)52(39-46)64(11,12)13)32-33-70(77,47-40-53(65(14,15)16)59(74-28)54(41-47)66(17,18)19)48-42-55(67(20,21)22)60(75-29)56(43-48)68(23,24)25/h36-44,71H,30-35H2,1-29H3/q+1. The summed E-state index contributed by atoms with van der Waals surface area (Å²) in [5.74, 6) is 4.22. The van der Waals surface area contributed by atoms with Crippen molar-refractivity contribution in [2.45, 2.75) is 252 Å². The van der Waals surface area contributed by atoms with Crippen molar-refractivity contribution >= 4 is 8.56 Å². The van der Waals surface area contributed by atoms with Crippen LogP contribution in [0.15, 0.2) is 48.5 Å². The van der Waals surface area contributed by atoms with Crippen molar-refractivity contribution in [1.82, 2.24) is 0 Å². The van der Waals surface area contributed by atoms with Gasteiger partial charge in [0, 0.05) is 57.3 Å². The molecule has 4 aromatic rings. The molecule has 1 N–H and O–H groups in total. The van der Waals surface area contributed by atoms with Crippen LogP contribution in [0.2, 0.25) is 0 Å². The van der Waals surface area contributed by atoms with Crippen LogP contribution in [-0.2, 0) is 57.5 Å². The second-order valence-corrected chi connectivity index (χ2v) is 35.5. The molecule has 2 saturated heterocycles. The third-order valence-corrected chi connectivity index (χ3v) is 23.0. The van der Waals surface area contributed by atoms with Crippen LogP contribution in [0.1, 0.15) is 266 Å². The lowest BCUT2D eigenvalue weighted by Gasteiger charge is -2.52. The molecule has 6 rings (SSSR count). The van der Waals surface area contributed by atoms with Crippen molar-refractivity contribution < 1.29 is 27.8 Å². The second-order valence-electron chi connectivity index (χ2n) is 32.0. The maximum atomic E-state index is 16.8. The summed E-state index contributed by atoms with van der Waals surface area (Å²) in [7, 11) is 2.94. The van der Waals surface area contributed by atoms with Gasteiger partial charge >= 0.3 is 8.56 Å². The average molecular weight is 1070 g/mol. The first kappa shape index (κ1) is 62.4. The Bertz CT molecular complexity index is 2310. The van der Waals surface area contributed by atoms with Crippen molar-refractivity contribution in [1.29, 1.82) is 0 Å². The highest BCUT2D eigenvalue weighted by Gasteiger charge is 2.84. The van der Waals surface area contributed by atoms with Crippen LogP contribution in [-0.4, -0.2) is 55.0 Å². The Kier molecular flexibility index (Phi) is 16.5. The third kappa shape index (κ3) is 10.8. The van der Waals surface area contributed by atoms with E-state index in [4.69, 9.17) is 18.9 Å². The number of ether oxygens (including phenoxy) is 4. The zero-order chi connectivity index (χ0) is 58.6. The van der Waals surface area contributed by atoms with Crippen molar-refractivity contribution in [3.05, 3.63) is 115 Å². The van der Waals surface area contributed by atoms with Gasteiger partial charge in [0.25, 0.3) is 0 Å². The van der Waals surface area contributed by atoms with Crippen LogP contribution >= 0.6 is 0 Å². The molecule has 7 heteroatoms. The van der Waals surface area contributed by atoms with E-state index < -0.39 is 18.6 Å². The first-order chi connectivity index (χ1) is 34.8. The molecule has 2 aliphatic rings. The predicted octanol–water partition coefficient (Wildman–Crippen LogP) is 17.7. The fraction of sp³-hybridized carbons (Fsp3) is 0.657. The van der Waals surface area contributed by atoms with Crippen LogP contribution in [0.4, 0.5) is 0 Å². The Hall–Kier alpha value is -3.78. The fourth-order valence-corrected chi connectivity index (χ4v) is 18.9. The van der Waals surface area contributed by atoms with Crippen LogP contribution in [0.25, 0.3) is 0 Å². The highest BCUT2D eigenvalue weighted by atomic mass is 28.4. The van der Waals surface area contributed by atoms with E-state index in [9.17, 15) is 0 Å². The van der Waals surface area contributed by atoms with Gasteiger partial charge < -0.3 is 27.8 Å². The van der Waals surface area contributed by atoms with Crippen LogP contribution < -0.4 is 18.9 Å². The third-order valence-electron chi connectivity index (χ3n) is 17.8. The van der Waals surface area contributed by atoms with Gasteiger partial charge in [0.05, 0.1) is 28.4 Å². The highest BCUT2D eigenvalue weighted by Crippen LogP contribution is 2.67. The van der Waals surface area contributed by atoms with Gasteiger partial charge in [-0.1, -0.05) is 222 Å². The predicted molar refractivity (Wildman–Crippen MR) is 330 cm³/mol. The quantitative estimate of drug-likeness (QED) is 0.134. The Morgan fingerprint density at radius 2 is 0.532 bits per heavy atom. The summed E-state index contributed by atoms with van der Waals surface area (Å²) in [6, 6.07) is 19.9. The van der Waals surface area contributed by atoms with Gasteiger partial charge in [-0.05, 0) is 84.3 Å². The summed E-state index contributed by atoms with van der Waals surface area (Å²) >= 11 is 0. The lowest BCUT2D eigenvalue weighted by atomic mass is 9.71. The zero-order valence-corrected chi connectivity index (χ0v) is 55.4. The molecule has 2 aliphatic heterocycles. The van der Waals surface area contributed by atoms with E-state index in [2.05, 4.69) is 226 Å². The molecule has 0 amide bonds. The average Bonchev–Trinajstić information content (AvgIpc) is 3.58. The topological polar surface area (TPSA) is 59.9 Å². The van der Waals surface area contributed by atoms with Gasteiger partial charge in [0.1, 0.15) is 46.3 Å². The summed E-state index contributed by atoms with van der Waals surface area (Å²) in [5.41, 5.74) is 11.4. The molecule has 0 unspecified atom stereocenters. The Morgan fingerprint density at radius 1 is 0.364 bits per heavy atom. The molecular formula is C70H109O6Si+. The molecule has 0 atom stereocenters. The minimum absolute atomic E-state index is 0.308. The molecule has 0 aliphatic carbocycles. The highest BCUT2D eigenvalue weighted by molar-refractivity contribution is 6.76. The van der Waals surface area contributed by atoms with E-state index in [-0.39, 0.29) is 43.3 Å². The molecule has 428 valence electrons. The fourth-order valence-electron chi connectivity index (χ4n) is 13.3. The molecule has 2 fully saturated rings. The Labute approximate surface area is 472 Å². The summed E-state index contributed by atoms with van der Waals surface area (Å²) in [6.07, 6.45) is 3.28. The normalized spacial score (nSPS) is 18.2. The number of methoxy groups -OCH3 is 4. The number of rotatable bonds is 9. The van der Waals surface area contributed by atoms with Gasteiger partial charge in [0.2, 0.25) is 0 Å². The largest absolute Gasteiger partial charge is 0.573 e. The van der Waals surface area contributed by atoms with Gasteiger partial charge in [-0.3, -0.25) is 0 Å². The molecule has 0 saturated carbocycles. The molecule has 77 heavy (non-hydrogen) atoms. The van der Waals surface area contributed by atoms with E-state index in [1.807, 2.05) is 28.4 Å². The molecule has 0 aromatic heterocycles. The van der Waals surface area contributed by atoms with Crippen molar-refractivity contribution in [3.63, 3.8) is 0 Å². The smallest absolute Gasteiger partial charge is 0.497 e. The van der Waals surface area contributed by atoms with Gasteiger partial charge in [-0.15, -0.1) is 0 Å². The summed E-state index contributed by atoms with van der Waals surface area (Å²) < 4.78 is 30.6. The number of benzene rings is 4. The number of hydrogen-bond donors (Lipinski definition) is 1. The summed E-state index contributed by atoms with van der Waals surface area (Å²) in [5, 5.41) is -1.94. The van der Waals surface area contributed by atoms with Gasteiger partial charge in [-0.25, -0.2) is 0 Å². The summed E-state index contributed by atoms with van der Waals surface area (Å²) in [6.45, 7) is 59.4. The second kappa shape index (κ2) is 20.3. The lowest BCUT2D eigenvalue weighted by Crippen LogP contribution is -2.72. The van der Waals surface area contributed by atoms with E-state index in [1.54, 1.807) is 0 Å². The Balaban J connectivity index is 2.14. The van der Waals surface area contributed by atoms with Gasteiger partial charge in [0.15, 0.2) is 0 Å². The maximum Gasteiger partial charge on any atom is 0.573 e. The van der Waals surface area contributed by atoms with E-state index in [0.717, 1.165) is 103 Å². The van der Waals surface area contributed by atoms with Crippen LogP contribution in [0.3, 0.4) is 0 Å². The maximum absolute atomic E-state index is 16.8. The first-order valence-electron chi connectivity index (χ1n) is 29.2. The molecule has 4 aromatic carbocycles. The minimum Gasteiger partial charge on any atom is -0.497 e. The lowest BCUT2D eigenvalue weighted by molar-refractivity contribution is -0.0861.